The maximum atomic E-state index is 9.76. The fraction of sp³-hybridized carbons (Fsp3) is 0.500. The van der Waals surface area contributed by atoms with E-state index in [1.54, 1.807) is 0 Å². The van der Waals surface area contributed by atoms with E-state index in [9.17, 15) is 6.57 Å². The van der Waals surface area contributed by atoms with Crippen LogP contribution in [0.15, 0.2) is 0 Å². The van der Waals surface area contributed by atoms with Gasteiger partial charge in [-0.05, 0) is 0 Å². The summed E-state index contributed by atoms with van der Waals surface area (Å²) in [4.78, 5) is 0. The van der Waals surface area contributed by atoms with E-state index in [1.807, 2.05) is 0 Å². The normalized spacial score (nSPS) is 9.77. The molecule has 78 valence electrons. The average molecular weight is 363 g/mol. The number of rotatable bonds is 0. The second-order valence-corrected chi connectivity index (χ2v) is 3.54. The Morgan fingerprint density at radius 3 is 1.23 bits per heavy atom. The molecule has 0 amide bonds. The van der Waals surface area contributed by atoms with Crippen LogP contribution in [0.4, 0.5) is 6.57 Å². The van der Waals surface area contributed by atoms with Crippen molar-refractivity contribution in [3.8, 4) is 0 Å². The van der Waals surface area contributed by atoms with E-state index in [-0.39, 0.29) is 0 Å². The Hall–Kier alpha value is -0.154. The molecule has 1 aromatic carbocycles. The monoisotopic (exact) mass is 365 g/mol. The molecule has 1 rings (SSSR count). The van der Waals surface area contributed by atoms with Crippen LogP contribution in [0, 0.1) is 34.6 Å². The Balaban J connectivity index is 0.000000424. The van der Waals surface area contributed by atoms with Crippen LogP contribution in [-0.2, 0) is 18.4 Å². The van der Waals surface area contributed by atoms with Crippen molar-refractivity contribution < 1.29 is 25.0 Å². The molecular formula is C10H15F2Os-. The first-order chi connectivity index (χ1) is 5.97. The maximum absolute atomic E-state index is 9.76. The van der Waals surface area contributed by atoms with E-state index in [4.69, 9.17) is 0 Å². The summed E-state index contributed by atoms with van der Waals surface area (Å²) in [6.07, 6.45) is 0. The molecule has 3 heteroatoms. The summed E-state index contributed by atoms with van der Waals surface area (Å²) in [7, 11) is 0. The predicted molar refractivity (Wildman–Crippen MR) is 47.9 cm³/mol. The van der Waals surface area contributed by atoms with E-state index < -0.39 is 18.4 Å². The molecule has 0 aliphatic carbocycles. The van der Waals surface area contributed by atoms with Crippen molar-refractivity contribution in [1.29, 1.82) is 0 Å². The van der Waals surface area contributed by atoms with E-state index in [0.29, 0.717) is 0 Å². The quantitative estimate of drug-likeness (QED) is 0.616. The second kappa shape index (κ2) is 5.55. The van der Waals surface area contributed by atoms with Gasteiger partial charge in [-0.2, -0.15) is 27.8 Å². The van der Waals surface area contributed by atoms with Crippen LogP contribution in [0.2, 0.25) is 0 Å². The third-order valence-electron chi connectivity index (χ3n) is 2.81. The van der Waals surface area contributed by atoms with Gasteiger partial charge in [-0.25, -0.2) is 0 Å². The van der Waals surface area contributed by atoms with Gasteiger partial charge < -0.3 is 0 Å². The molecule has 13 heavy (non-hydrogen) atoms. The molecule has 0 fully saturated rings. The zero-order chi connectivity index (χ0) is 10.6. The van der Waals surface area contributed by atoms with E-state index >= 15 is 0 Å². The van der Waals surface area contributed by atoms with Crippen molar-refractivity contribution in [2.24, 2.45) is 0 Å². The molecule has 0 aliphatic rings. The van der Waals surface area contributed by atoms with Crippen molar-refractivity contribution in [3.63, 3.8) is 0 Å². The summed E-state index contributed by atoms with van der Waals surface area (Å²) < 4.78 is 19.5. The predicted octanol–water partition coefficient (Wildman–Crippen LogP) is 3.79. The van der Waals surface area contributed by atoms with Gasteiger partial charge in [0.1, 0.15) is 0 Å². The van der Waals surface area contributed by atoms with Gasteiger partial charge in [0.2, 0.25) is 0 Å². The fourth-order valence-electron chi connectivity index (χ4n) is 1.41. The molecule has 0 radical (unpaired) electrons. The van der Waals surface area contributed by atoms with Gasteiger partial charge >= 0.3 is 25.0 Å². The van der Waals surface area contributed by atoms with Gasteiger partial charge in [-0.1, -0.05) is 34.6 Å². The van der Waals surface area contributed by atoms with Crippen molar-refractivity contribution in [1.82, 2.24) is 0 Å². The molecule has 0 nitrogen and oxygen atoms in total. The standard InChI is InChI=1S/C10H15.2FH.Os/c1-6-7(2)9(4)10(5)8(6)3;;;/h1-5H3;2*1H;/q-1;;;+2/p-2. The summed E-state index contributed by atoms with van der Waals surface area (Å²) in [6, 6.07) is 0. The molecule has 0 N–H and O–H groups in total. The minimum absolute atomic E-state index is 1.47. The first kappa shape index (κ1) is 12.8. The van der Waals surface area contributed by atoms with Gasteiger partial charge in [0, 0.05) is 0 Å². The summed E-state index contributed by atoms with van der Waals surface area (Å²) >= 11 is -2.58. The second-order valence-electron chi connectivity index (χ2n) is 3.18. The van der Waals surface area contributed by atoms with E-state index in [0.717, 1.165) is 0 Å². The molecule has 0 unspecified atom stereocenters. The molecule has 0 aliphatic heterocycles. The van der Waals surface area contributed by atoms with Crippen LogP contribution in [0.3, 0.4) is 0 Å². The van der Waals surface area contributed by atoms with Crippen molar-refractivity contribution >= 4 is 0 Å². The molecule has 0 heterocycles. The van der Waals surface area contributed by atoms with E-state index in [2.05, 4.69) is 34.6 Å². The minimum atomic E-state index is -2.58. The van der Waals surface area contributed by atoms with Gasteiger partial charge in [-0.15, -0.1) is 0 Å². The number of halogens is 2. The molecule has 0 spiro atoms. The van der Waals surface area contributed by atoms with Crippen LogP contribution in [0.25, 0.3) is 0 Å². The molecule has 0 aromatic heterocycles. The summed E-state index contributed by atoms with van der Waals surface area (Å²) in [5, 5.41) is 0. The Morgan fingerprint density at radius 1 is 0.923 bits per heavy atom. The fourth-order valence-corrected chi connectivity index (χ4v) is 1.41. The molecule has 0 saturated heterocycles. The Morgan fingerprint density at radius 2 is 1.15 bits per heavy atom. The molecular weight excluding hydrogens is 348 g/mol. The van der Waals surface area contributed by atoms with Crippen molar-refractivity contribution in [3.05, 3.63) is 27.8 Å². The summed E-state index contributed by atoms with van der Waals surface area (Å²) in [6.45, 7) is 11.0. The first-order valence-electron chi connectivity index (χ1n) is 4.02. The van der Waals surface area contributed by atoms with Gasteiger partial charge in [0.05, 0.1) is 0 Å². The third kappa shape index (κ3) is 2.92. The number of hydrogen-bond donors (Lipinski definition) is 0. The summed E-state index contributed by atoms with van der Waals surface area (Å²) in [5.74, 6) is 0. The Labute approximate surface area is 87.7 Å². The van der Waals surface area contributed by atoms with Crippen LogP contribution < -0.4 is 0 Å². The van der Waals surface area contributed by atoms with Crippen molar-refractivity contribution in [2.45, 2.75) is 34.6 Å². The van der Waals surface area contributed by atoms with Crippen molar-refractivity contribution in [2.75, 3.05) is 0 Å². The summed E-state index contributed by atoms with van der Waals surface area (Å²) in [5.41, 5.74) is 7.34. The molecule has 0 bridgehead atoms. The van der Waals surface area contributed by atoms with Gasteiger partial charge in [-0.3, -0.25) is 0 Å². The third-order valence-corrected chi connectivity index (χ3v) is 2.81. The zero-order valence-corrected chi connectivity index (χ0v) is 11.1. The van der Waals surface area contributed by atoms with Crippen LogP contribution >= 0.6 is 0 Å². The van der Waals surface area contributed by atoms with Crippen LogP contribution in [0.1, 0.15) is 27.8 Å². The first-order valence-corrected chi connectivity index (χ1v) is 5.94. The zero-order valence-electron chi connectivity index (χ0n) is 8.61. The molecule has 1 aromatic rings. The Bertz CT molecular complexity index is 197. The average Bonchev–Trinajstić information content (AvgIpc) is 2.25. The van der Waals surface area contributed by atoms with Gasteiger partial charge in [0.15, 0.2) is 0 Å². The SMILES string of the molecule is Cc1c(C)c(C)[c-](C)c1C.[F][Os][F]. The van der Waals surface area contributed by atoms with E-state index in [1.165, 1.54) is 27.8 Å². The van der Waals surface area contributed by atoms with Gasteiger partial charge in [0.25, 0.3) is 0 Å². The number of hydrogen-bond acceptors (Lipinski definition) is 0. The van der Waals surface area contributed by atoms with Crippen LogP contribution in [0.5, 0.6) is 0 Å². The molecule has 0 atom stereocenters. The topological polar surface area (TPSA) is 0 Å². The van der Waals surface area contributed by atoms with Crippen LogP contribution in [-0.4, -0.2) is 0 Å². The molecule has 0 saturated carbocycles. The Kier molecular flexibility index (Phi) is 5.48.